The van der Waals surface area contributed by atoms with Gasteiger partial charge in [0.05, 0.1) is 19.8 Å². The molecule has 0 aliphatic carbocycles. The van der Waals surface area contributed by atoms with Crippen LogP contribution in [-0.2, 0) is 19.1 Å². The van der Waals surface area contributed by atoms with Gasteiger partial charge in [-0.15, -0.1) is 0 Å². The number of aliphatic carboxylic acids is 1. The Morgan fingerprint density at radius 3 is 2.57 bits per heavy atom. The molecule has 1 aliphatic heterocycles. The van der Waals surface area contributed by atoms with E-state index in [1.165, 1.54) is 11.9 Å². The molecule has 1 atom stereocenters. The van der Waals surface area contributed by atoms with E-state index in [1.807, 2.05) is 0 Å². The second-order valence-corrected chi connectivity index (χ2v) is 4.23. The van der Waals surface area contributed by atoms with Crippen LogP contribution in [0.2, 0.25) is 0 Å². The molecule has 4 N–H and O–H groups in total. The summed E-state index contributed by atoms with van der Waals surface area (Å²) in [6.45, 7) is -0.290. The monoisotopic (exact) mass is 302 g/mol. The number of ether oxygens (including phenoxy) is 1. The standard InChI is InChI=1S/C11H18N4O6/c1-12-10(19)7-6-21-3-2-15(7)11(20)14-4-8(16)13-5-9(17)18/h7H,2-6H2,1H3,(H,12,19)(H,13,16)(H,14,20)(H,17,18). The fourth-order valence-electron chi connectivity index (χ4n) is 1.72. The Balaban J connectivity index is 2.47. The van der Waals surface area contributed by atoms with E-state index in [9.17, 15) is 19.2 Å². The molecule has 10 nitrogen and oxygen atoms in total. The van der Waals surface area contributed by atoms with Crippen LogP contribution in [0.3, 0.4) is 0 Å². The predicted octanol–water partition coefficient (Wildman–Crippen LogP) is -2.66. The average Bonchev–Trinajstić information content (AvgIpc) is 2.49. The van der Waals surface area contributed by atoms with Crippen LogP contribution in [0, 0.1) is 0 Å². The van der Waals surface area contributed by atoms with Crippen LogP contribution in [0.5, 0.6) is 0 Å². The number of likely N-dealkylation sites (N-methyl/N-ethyl adjacent to an activating group) is 1. The van der Waals surface area contributed by atoms with Crippen LogP contribution < -0.4 is 16.0 Å². The zero-order valence-corrected chi connectivity index (χ0v) is 11.5. The first-order valence-electron chi connectivity index (χ1n) is 6.28. The predicted molar refractivity (Wildman–Crippen MR) is 69.4 cm³/mol. The Hall–Kier alpha value is -2.36. The molecule has 0 aromatic carbocycles. The molecule has 4 amide bonds. The Morgan fingerprint density at radius 2 is 1.95 bits per heavy atom. The van der Waals surface area contributed by atoms with E-state index < -0.39 is 30.5 Å². The van der Waals surface area contributed by atoms with E-state index in [0.29, 0.717) is 6.61 Å². The van der Waals surface area contributed by atoms with Crippen molar-refractivity contribution in [3.8, 4) is 0 Å². The summed E-state index contributed by atoms with van der Waals surface area (Å²) in [5.41, 5.74) is 0. The molecule has 0 radical (unpaired) electrons. The average molecular weight is 302 g/mol. The third-order valence-corrected chi connectivity index (χ3v) is 2.78. The van der Waals surface area contributed by atoms with Gasteiger partial charge in [-0.3, -0.25) is 14.4 Å². The van der Waals surface area contributed by atoms with Gasteiger partial charge in [-0.25, -0.2) is 4.79 Å². The Labute approximate surface area is 120 Å². The molecule has 0 aromatic heterocycles. The van der Waals surface area contributed by atoms with Gasteiger partial charge in [0.1, 0.15) is 12.6 Å². The minimum atomic E-state index is -1.18. The molecule has 21 heavy (non-hydrogen) atoms. The minimum absolute atomic E-state index is 0.0817. The summed E-state index contributed by atoms with van der Waals surface area (Å²) < 4.78 is 5.15. The SMILES string of the molecule is CNC(=O)C1COCCN1C(=O)NCC(=O)NCC(=O)O. The number of carbonyl (C=O) groups is 4. The number of morpholine rings is 1. The largest absolute Gasteiger partial charge is 0.480 e. The van der Waals surface area contributed by atoms with E-state index in [0.717, 1.165) is 0 Å². The van der Waals surface area contributed by atoms with Gasteiger partial charge in [0, 0.05) is 13.6 Å². The van der Waals surface area contributed by atoms with Crippen molar-refractivity contribution in [3.05, 3.63) is 0 Å². The van der Waals surface area contributed by atoms with Gasteiger partial charge in [-0.2, -0.15) is 0 Å². The van der Waals surface area contributed by atoms with Crippen LogP contribution in [0.4, 0.5) is 4.79 Å². The molecule has 118 valence electrons. The number of carbonyl (C=O) groups excluding carboxylic acids is 3. The maximum absolute atomic E-state index is 12.0. The lowest BCUT2D eigenvalue weighted by molar-refractivity contribution is -0.137. The summed E-state index contributed by atoms with van der Waals surface area (Å²) in [4.78, 5) is 46.4. The number of hydrogen-bond acceptors (Lipinski definition) is 5. The van der Waals surface area contributed by atoms with E-state index in [4.69, 9.17) is 9.84 Å². The van der Waals surface area contributed by atoms with Crippen molar-refractivity contribution in [2.45, 2.75) is 6.04 Å². The van der Waals surface area contributed by atoms with Crippen LogP contribution in [0.25, 0.3) is 0 Å². The zero-order valence-electron chi connectivity index (χ0n) is 11.5. The molecule has 0 spiro atoms. The quantitative estimate of drug-likeness (QED) is 0.437. The number of carboxylic acid groups (broad SMARTS) is 1. The molecular formula is C11H18N4O6. The molecule has 1 heterocycles. The van der Waals surface area contributed by atoms with Crippen molar-refractivity contribution in [1.29, 1.82) is 0 Å². The highest BCUT2D eigenvalue weighted by molar-refractivity contribution is 5.89. The van der Waals surface area contributed by atoms with E-state index in [-0.39, 0.29) is 25.6 Å². The van der Waals surface area contributed by atoms with Crippen molar-refractivity contribution in [2.75, 3.05) is 39.9 Å². The molecular weight excluding hydrogens is 284 g/mol. The molecule has 1 rings (SSSR count). The van der Waals surface area contributed by atoms with Crippen LogP contribution in [0.1, 0.15) is 0 Å². The summed E-state index contributed by atoms with van der Waals surface area (Å²) >= 11 is 0. The lowest BCUT2D eigenvalue weighted by Crippen LogP contribution is -2.58. The number of carboxylic acids is 1. The van der Waals surface area contributed by atoms with Crippen LogP contribution in [-0.4, -0.2) is 79.8 Å². The summed E-state index contributed by atoms with van der Waals surface area (Å²) in [7, 11) is 1.45. The third-order valence-electron chi connectivity index (χ3n) is 2.78. The highest BCUT2D eigenvalue weighted by atomic mass is 16.5. The molecule has 1 aliphatic rings. The second-order valence-electron chi connectivity index (χ2n) is 4.23. The normalized spacial score (nSPS) is 17.8. The molecule has 1 fully saturated rings. The van der Waals surface area contributed by atoms with Gasteiger partial charge < -0.3 is 30.7 Å². The fourth-order valence-corrected chi connectivity index (χ4v) is 1.72. The van der Waals surface area contributed by atoms with Gasteiger partial charge in [-0.05, 0) is 0 Å². The number of amides is 4. The fraction of sp³-hybridized carbons (Fsp3) is 0.636. The van der Waals surface area contributed by atoms with Crippen molar-refractivity contribution in [3.63, 3.8) is 0 Å². The number of urea groups is 1. The lowest BCUT2D eigenvalue weighted by Gasteiger charge is -2.34. The smallest absolute Gasteiger partial charge is 0.322 e. The summed E-state index contributed by atoms with van der Waals surface area (Å²) in [6.07, 6.45) is 0. The van der Waals surface area contributed by atoms with Gasteiger partial charge in [0.2, 0.25) is 11.8 Å². The second kappa shape index (κ2) is 8.04. The third kappa shape index (κ3) is 5.26. The van der Waals surface area contributed by atoms with Gasteiger partial charge in [0.25, 0.3) is 0 Å². The Bertz CT molecular complexity index is 427. The highest BCUT2D eigenvalue weighted by Gasteiger charge is 2.32. The Kier molecular flexibility index (Phi) is 6.40. The maximum Gasteiger partial charge on any atom is 0.322 e. The highest BCUT2D eigenvalue weighted by Crippen LogP contribution is 2.07. The minimum Gasteiger partial charge on any atom is -0.480 e. The first-order chi connectivity index (χ1) is 9.95. The molecule has 1 saturated heterocycles. The van der Waals surface area contributed by atoms with Crippen molar-refractivity contribution in [2.24, 2.45) is 0 Å². The van der Waals surface area contributed by atoms with Gasteiger partial charge >= 0.3 is 12.0 Å². The summed E-state index contributed by atoms with van der Waals surface area (Å²) in [5.74, 6) is -2.17. The van der Waals surface area contributed by atoms with Crippen LogP contribution >= 0.6 is 0 Å². The van der Waals surface area contributed by atoms with Crippen molar-refractivity contribution >= 4 is 23.8 Å². The lowest BCUT2D eigenvalue weighted by atomic mass is 10.2. The van der Waals surface area contributed by atoms with Crippen LogP contribution in [0.15, 0.2) is 0 Å². The molecule has 0 saturated carbocycles. The van der Waals surface area contributed by atoms with E-state index in [1.54, 1.807) is 0 Å². The molecule has 10 heteroatoms. The summed E-state index contributed by atoms with van der Waals surface area (Å²) in [5, 5.41) is 15.3. The number of hydrogen-bond donors (Lipinski definition) is 4. The first kappa shape index (κ1) is 16.7. The number of nitrogens with zero attached hydrogens (tertiary/aromatic N) is 1. The zero-order chi connectivity index (χ0) is 15.8. The first-order valence-corrected chi connectivity index (χ1v) is 6.28. The van der Waals surface area contributed by atoms with E-state index >= 15 is 0 Å². The van der Waals surface area contributed by atoms with E-state index in [2.05, 4.69) is 16.0 Å². The van der Waals surface area contributed by atoms with Crippen molar-refractivity contribution < 1.29 is 29.0 Å². The molecule has 0 bridgehead atoms. The molecule has 0 aromatic rings. The van der Waals surface area contributed by atoms with Gasteiger partial charge in [-0.1, -0.05) is 0 Å². The number of nitrogens with one attached hydrogen (secondary N) is 3. The number of rotatable bonds is 5. The van der Waals surface area contributed by atoms with Crippen molar-refractivity contribution in [1.82, 2.24) is 20.9 Å². The summed E-state index contributed by atoms with van der Waals surface area (Å²) in [6, 6.07) is -1.34. The topological polar surface area (TPSA) is 137 Å². The Morgan fingerprint density at radius 1 is 1.24 bits per heavy atom. The molecule has 1 unspecified atom stereocenters. The van der Waals surface area contributed by atoms with Gasteiger partial charge in [0.15, 0.2) is 0 Å². The maximum atomic E-state index is 12.0.